The second-order valence-corrected chi connectivity index (χ2v) is 5.97. The van der Waals surface area contributed by atoms with Crippen molar-refractivity contribution < 1.29 is 9.32 Å². The van der Waals surface area contributed by atoms with E-state index in [2.05, 4.69) is 15.5 Å². The number of amides is 1. The summed E-state index contributed by atoms with van der Waals surface area (Å²) in [5.74, 6) is 0.718. The molecule has 5 heteroatoms. The summed E-state index contributed by atoms with van der Waals surface area (Å²) in [5.41, 5.74) is 3.01. The summed E-state index contributed by atoms with van der Waals surface area (Å²) in [6.45, 7) is 4.26. The number of hydrogen-bond donors (Lipinski definition) is 1. The summed E-state index contributed by atoms with van der Waals surface area (Å²) in [6, 6.07) is 17.6. The van der Waals surface area contributed by atoms with E-state index >= 15 is 0 Å². The molecule has 2 aromatic carbocycles. The van der Waals surface area contributed by atoms with Gasteiger partial charge in [-0.1, -0.05) is 60.1 Å². The highest BCUT2D eigenvalue weighted by Crippen LogP contribution is 2.20. The number of carbonyl (C=O) groups excluding carboxylic acids is 1. The number of carbonyl (C=O) groups is 1. The molecule has 25 heavy (non-hydrogen) atoms. The normalized spacial score (nSPS) is 11.9. The Kier molecular flexibility index (Phi) is 5.23. The summed E-state index contributed by atoms with van der Waals surface area (Å²) in [5, 5.41) is 6.85. The molecule has 0 aliphatic carbocycles. The Bertz CT molecular complexity index is 843. The molecule has 128 valence electrons. The SMILES string of the molecule is CC[C@@H](C(=O)NCc1noc(-c2cccc(C)c2)n1)c1ccccc1. The lowest BCUT2D eigenvalue weighted by Gasteiger charge is -2.14. The van der Waals surface area contributed by atoms with Crippen molar-refractivity contribution in [2.45, 2.75) is 32.7 Å². The fraction of sp³-hybridized carbons (Fsp3) is 0.250. The fourth-order valence-corrected chi connectivity index (χ4v) is 2.77. The van der Waals surface area contributed by atoms with Crippen molar-refractivity contribution in [3.63, 3.8) is 0 Å². The van der Waals surface area contributed by atoms with Crippen molar-refractivity contribution in [2.24, 2.45) is 0 Å². The summed E-state index contributed by atoms with van der Waals surface area (Å²) < 4.78 is 5.30. The molecule has 0 saturated heterocycles. The van der Waals surface area contributed by atoms with Gasteiger partial charge < -0.3 is 9.84 Å². The van der Waals surface area contributed by atoms with E-state index in [-0.39, 0.29) is 18.4 Å². The van der Waals surface area contributed by atoms with Gasteiger partial charge in [-0.05, 0) is 31.0 Å². The van der Waals surface area contributed by atoms with Crippen LogP contribution in [0, 0.1) is 6.92 Å². The van der Waals surface area contributed by atoms with E-state index in [0.717, 1.165) is 23.1 Å². The minimum absolute atomic E-state index is 0.0318. The van der Waals surface area contributed by atoms with Crippen LogP contribution in [0.25, 0.3) is 11.5 Å². The summed E-state index contributed by atoms with van der Waals surface area (Å²) in [4.78, 5) is 16.8. The molecular formula is C20H21N3O2. The molecule has 1 atom stereocenters. The van der Waals surface area contributed by atoms with E-state index in [4.69, 9.17) is 4.52 Å². The predicted octanol–water partition coefficient (Wildman–Crippen LogP) is 3.86. The van der Waals surface area contributed by atoms with Crippen molar-refractivity contribution >= 4 is 5.91 Å². The lowest BCUT2D eigenvalue weighted by atomic mass is 9.96. The van der Waals surface area contributed by atoms with Gasteiger partial charge in [-0.15, -0.1) is 0 Å². The van der Waals surface area contributed by atoms with Crippen LogP contribution < -0.4 is 5.32 Å². The average molecular weight is 335 g/mol. The largest absolute Gasteiger partial charge is 0.348 e. The summed E-state index contributed by atoms with van der Waals surface area (Å²) in [6.07, 6.45) is 0.733. The Hall–Kier alpha value is -2.95. The Morgan fingerprint density at radius 2 is 1.96 bits per heavy atom. The van der Waals surface area contributed by atoms with Crippen LogP contribution >= 0.6 is 0 Å². The smallest absolute Gasteiger partial charge is 0.257 e. The first-order chi connectivity index (χ1) is 12.2. The van der Waals surface area contributed by atoms with Crippen molar-refractivity contribution in [2.75, 3.05) is 0 Å². The lowest BCUT2D eigenvalue weighted by Crippen LogP contribution is -2.29. The van der Waals surface area contributed by atoms with Gasteiger partial charge in [0.2, 0.25) is 5.91 Å². The molecule has 1 heterocycles. The van der Waals surface area contributed by atoms with Crippen molar-refractivity contribution in [3.8, 4) is 11.5 Å². The van der Waals surface area contributed by atoms with Gasteiger partial charge in [-0.2, -0.15) is 4.98 Å². The van der Waals surface area contributed by atoms with Crippen molar-refractivity contribution in [3.05, 3.63) is 71.5 Å². The highest BCUT2D eigenvalue weighted by atomic mass is 16.5. The molecule has 0 fully saturated rings. The minimum atomic E-state index is -0.177. The molecule has 0 saturated carbocycles. The number of benzene rings is 2. The van der Waals surface area contributed by atoms with E-state index < -0.39 is 0 Å². The van der Waals surface area contributed by atoms with Crippen molar-refractivity contribution in [1.82, 2.24) is 15.5 Å². The van der Waals surface area contributed by atoms with Crippen LogP contribution in [-0.4, -0.2) is 16.0 Å². The first-order valence-corrected chi connectivity index (χ1v) is 8.39. The molecule has 0 spiro atoms. The van der Waals surface area contributed by atoms with E-state index in [1.807, 2.05) is 68.4 Å². The predicted molar refractivity (Wildman–Crippen MR) is 95.8 cm³/mol. The maximum Gasteiger partial charge on any atom is 0.257 e. The van der Waals surface area contributed by atoms with E-state index in [1.165, 1.54) is 0 Å². The molecule has 0 aliphatic rings. The molecule has 1 N–H and O–H groups in total. The second kappa shape index (κ2) is 7.75. The van der Waals surface area contributed by atoms with Crippen LogP contribution in [0.5, 0.6) is 0 Å². The fourth-order valence-electron chi connectivity index (χ4n) is 2.77. The Morgan fingerprint density at radius 3 is 2.68 bits per heavy atom. The molecule has 3 rings (SSSR count). The topological polar surface area (TPSA) is 68.0 Å². The minimum Gasteiger partial charge on any atom is -0.348 e. The standard InChI is InChI=1S/C20H21N3O2/c1-3-17(15-9-5-4-6-10-15)19(24)21-13-18-22-20(25-23-18)16-11-7-8-14(2)12-16/h4-12,17H,3,13H2,1-2H3,(H,21,24)/t17-/m1/s1. The van der Waals surface area contributed by atoms with Crippen LogP contribution in [0.3, 0.4) is 0 Å². The lowest BCUT2D eigenvalue weighted by molar-refractivity contribution is -0.122. The number of hydrogen-bond acceptors (Lipinski definition) is 4. The molecule has 1 amide bonds. The van der Waals surface area contributed by atoms with Gasteiger partial charge in [0.05, 0.1) is 12.5 Å². The van der Waals surface area contributed by atoms with Crippen LogP contribution in [0.4, 0.5) is 0 Å². The van der Waals surface area contributed by atoms with Gasteiger partial charge >= 0.3 is 0 Å². The number of aromatic nitrogens is 2. The number of nitrogens with one attached hydrogen (secondary N) is 1. The summed E-state index contributed by atoms with van der Waals surface area (Å²) >= 11 is 0. The average Bonchev–Trinajstić information content (AvgIpc) is 3.11. The molecule has 0 radical (unpaired) electrons. The van der Waals surface area contributed by atoms with Gasteiger partial charge in [-0.25, -0.2) is 0 Å². The number of nitrogens with zero attached hydrogens (tertiary/aromatic N) is 2. The molecule has 1 aromatic heterocycles. The van der Waals surface area contributed by atoms with Gasteiger partial charge in [0.25, 0.3) is 5.89 Å². The molecule has 5 nitrogen and oxygen atoms in total. The van der Waals surface area contributed by atoms with E-state index in [1.54, 1.807) is 0 Å². The van der Waals surface area contributed by atoms with Crippen LogP contribution in [0.15, 0.2) is 59.1 Å². The van der Waals surface area contributed by atoms with E-state index in [0.29, 0.717) is 11.7 Å². The highest BCUT2D eigenvalue weighted by Gasteiger charge is 2.19. The third kappa shape index (κ3) is 4.12. The Labute approximate surface area is 147 Å². The zero-order chi connectivity index (χ0) is 17.6. The Balaban J connectivity index is 1.65. The van der Waals surface area contributed by atoms with Gasteiger partial charge in [-0.3, -0.25) is 4.79 Å². The molecule has 0 bridgehead atoms. The van der Waals surface area contributed by atoms with E-state index in [9.17, 15) is 4.79 Å². The maximum atomic E-state index is 12.5. The molecule has 0 aliphatic heterocycles. The first kappa shape index (κ1) is 16.9. The molecular weight excluding hydrogens is 314 g/mol. The second-order valence-electron chi connectivity index (χ2n) is 5.97. The maximum absolute atomic E-state index is 12.5. The van der Waals surface area contributed by atoms with Crippen molar-refractivity contribution in [1.29, 1.82) is 0 Å². The van der Waals surface area contributed by atoms with Gasteiger partial charge in [0.15, 0.2) is 5.82 Å². The monoisotopic (exact) mass is 335 g/mol. The number of aryl methyl sites for hydroxylation is 1. The van der Waals surface area contributed by atoms with Crippen LogP contribution in [0.1, 0.15) is 36.2 Å². The molecule has 0 unspecified atom stereocenters. The van der Waals surface area contributed by atoms with Gasteiger partial charge in [0.1, 0.15) is 0 Å². The highest BCUT2D eigenvalue weighted by molar-refractivity contribution is 5.83. The number of rotatable bonds is 6. The zero-order valence-electron chi connectivity index (χ0n) is 14.4. The third-order valence-corrected chi connectivity index (χ3v) is 4.08. The third-order valence-electron chi connectivity index (χ3n) is 4.08. The first-order valence-electron chi connectivity index (χ1n) is 8.39. The Morgan fingerprint density at radius 1 is 1.16 bits per heavy atom. The quantitative estimate of drug-likeness (QED) is 0.743. The molecule has 3 aromatic rings. The zero-order valence-corrected chi connectivity index (χ0v) is 14.4. The van der Waals surface area contributed by atoms with Crippen LogP contribution in [-0.2, 0) is 11.3 Å². The van der Waals surface area contributed by atoms with Gasteiger partial charge in [0, 0.05) is 5.56 Å². The summed E-state index contributed by atoms with van der Waals surface area (Å²) in [7, 11) is 0. The van der Waals surface area contributed by atoms with Crippen LogP contribution in [0.2, 0.25) is 0 Å².